The lowest BCUT2D eigenvalue weighted by atomic mass is 9.99. The fourth-order valence-electron chi connectivity index (χ4n) is 4.13. The first-order chi connectivity index (χ1) is 16.7. The molecule has 8 heteroatoms. The summed E-state index contributed by atoms with van der Waals surface area (Å²) in [5, 5.41) is 11.3. The topological polar surface area (TPSA) is 86.9 Å². The molecule has 0 saturated carbocycles. The lowest BCUT2D eigenvalue weighted by Crippen LogP contribution is -2.19. The summed E-state index contributed by atoms with van der Waals surface area (Å²) >= 11 is 3.55. The summed E-state index contributed by atoms with van der Waals surface area (Å²) in [4.78, 5) is 12.5. The number of halogens is 1. The molecule has 3 heterocycles. The van der Waals surface area contributed by atoms with Crippen molar-refractivity contribution in [1.82, 2.24) is 20.3 Å². The number of aromatic nitrogens is 3. The van der Waals surface area contributed by atoms with Crippen molar-refractivity contribution in [1.29, 1.82) is 0 Å². The molecule has 1 aliphatic rings. The van der Waals surface area contributed by atoms with Crippen molar-refractivity contribution >= 4 is 49.9 Å². The highest BCUT2D eigenvalue weighted by Gasteiger charge is 2.12. The third-order valence-corrected chi connectivity index (χ3v) is 6.54. The number of methoxy groups -OCH3 is 1. The van der Waals surface area contributed by atoms with Crippen LogP contribution in [0.4, 0.5) is 17.5 Å². The third kappa shape index (κ3) is 5.08. The van der Waals surface area contributed by atoms with Crippen molar-refractivity contribution in [3.05, 3.63) is 76.5 Å². The number of benzene rings is 2. The van der Waals surface area contributed by atoms with Gasteiger partial charge in [0.25, 0.3) is 0 Å². The average Bonchev–Trinajstić information content (AvgIpc) is 3.30. The summed E-state index contributed by atoms with van der Waals surface area (Å²) in [5.74, 6) is 2.17. The molecule has 0 saturated heterocycles. The van der Waals surface area contributed by atoms with E-state index in [0.29, 0.717) is 5.95 Å². The first-order valence-electron chi connectivity index (χ1n) is 11.4. The Hall–Kier alpha value is -3.36. The van der Waals surface area contributed by atoms with E-state index in [9.17, 15) is 0 Å². The lowest BCUT2D eigenvalue weighted by Gasteiger charge is -2.14. The number of aromatic amines is 1. The van der Waals surface area contributed by atoms with Crippen LogP contribution in [0.5, 0.6) is 5.75 Å². The van der Waals surface area contributed by atoms with Gasteiger partial charge in [0.05, 0.1) is 11.6 Å². The van der Waals surface area contributed by atoms with Gasteiger partial charge < -0.3 is 25.7 Å². The van der Waals surface area contributed by atoms with Gasteiger partial charge in [0.1, 0.15) is 11.6 Å². The first-order valence-corrected chi connectivity index (χ1v) is 12.2. The van der Waals surface area contributed by atoms with Gasteiger partial charge in [-0.25, -0.2) is 4.98 Å². The van der Waals surface area contributed by atoms with E-state index < -0.39 is 0 Å². The monoisotopic (exact) mass is 518 g/mol. The van der Waals surface area contributed by atoms with Crippen LogP contribution in [0.15, 0.2) is 65.4 Å². The molecular formula is C26H27BrN6O. The van der Waals surface area contributed by atoms with Crippen LogP contribution in [-0.2, 0) is 6.42 Å². The van der Waals surface area contributed by atoms with Crippen molar-refractivity contribution in [2.24, 2.45) is 0 Å². The van der Waals surface area contributed by atoms with Crippen LogP contribution >= 0.6 is 15.9 Å². The van der Waals surface area contributed by atoms with E-state index >= 15 is 0 Å². The number of H-pyrrole nitrogens is 1. The molecule has 2 aromatic heterocycles. The summed E-state index contributed by atoms with van der Waals surface area (Å²) in [7, 11) is 1.68. The van der Waals surface area contributed by atoms with Gasteiger partial charge in [-0.15, -0.1) is 0 Å². The van der Waals surface area contributed by atoms with E-state index in [1.54, 1.807) is 13.3 Å². The van der Waals surface area contributed by atoms with Crippen LogP contribution in [0.25, 0.3) is 16.5 Å². The Morgan fingerprint density at radius 3 is 2.82 bits per heavy atom. The van der Waals surface area contributed by atoms with E-state index in [1.165, 1.54) is 22.1 Å². The summed E-state index contributed by atoms with van der Waals surface area (Å²) in [6.45, 7) is 2.68. The van der Waals surface area contributed by atoms with Crippen molar-refractivity contribution < 1.29 is 4.74 Å². The summed E-state index contributed by atoms with van der Waals surface area (Å²) in [6, 6.07) is 14.4. The molecule has 2 aromatic carbocycles. The Labute approximate surface area is 207 Å². The Bertz CT molecular complexity index is 1310. The highest BCUT2D eigenvalue weighted by Crippen LogP contribution is 2.31. The average molecular weight is 519 g/mol. The normalized spacial score (nSPS) is 13.5. The van der Waals surface area contributed by atoms with Gasteiger partial charge in [-0.3, -0.25) is 0 Å². The molecule has 174 valence electrons. The van der Waals surface area contributed by atoms with Gasteiger partial charge in [-0.1, -0.05) is 18.2 Å². The molecule has 0 aliphatic carbocycles. The van der Waals surface area contributed by atoms with Gasteiger partial charge in [0.15, 0.2) is 0 Å². The summed E-state index contributed by atoms with van der Waals surface area (Å²) in [5.41, 5.74) is 5.95. The molecular weight excluding hydrogens is 492 g/mol. The minimum Gasteiger partial charge on any atom is -0.497 e. The first kappa shape index (κ1) is 22.4. The molecule has 0 bridgehead atoms. The molecule has 34 heavy (non-hydrogen) atoms. The van der Waals surface area contributed by atoms with Crippen LogP contribution in [0.3, 0.4) is 0 Å². The quantitative estimate of drug-likeness (QED) is 0.246. The Morgan fingerprint density at radius 1 is 1.15 bits per heavy atom. The second kappa shape index (κ2) is 10.3. The fourth-order valence-corrected chi connectivity index (χ4v) is 4.46. The van der Waals surface area contributed by atoms with Gasteiger partial charge in [-0.2, -0.15) is 4.98 Å². The molecule has 0 fully saturated rings. The van der Waals surface area contributed by atoms with Gasteiger partial charge in [-0.05, 0) is 76.8 Å². The second-order valence-corrected chi connectivity index (χ2v) is 9.04. The Morgan fingerprint density at radius 2 is 2.03 bits per heavy atom. The zero-order chi connectivity index (χ0) is 23.3. The van der Waals surface area contributed by atoms with E-state index in [0.717, 1.165) is 59.7 Å². The smallest absolute Gasteiger partial charge is 0.229 e. The Kier molecular flexibility index (Phi) is 6.78. The molecule has 4 N–H and O–H groups in total. The van der Waals surface area contributed by atoms with Gasteiger partial charge in [0, 0.05) is 47.6 Å². The summed E-state index contributed by atoms with van der Waals surface area (Å²) in [6.07, 6.45) is 8.05. The number of nitrogens with one attached hydrogen (secondary N) is 4. The molecule has 7 nitrogen and oxygen atoms in total. The lowest BCUT2D eigenvalue weighted by molar-refractivity contribution is 0.414. The van der Waals surface area contributed by atoms with Crippen molar-refractivity contribution in [2.45, 2.75) is 12.8 Å². The minimum atomic E-state index is 0.549. The van der Waals surface area contributed by atoms with E-state index in [2.05, 4.69) is 83.4 Å². The molecule has 0 unspecified atom stereocenters. The minimum absolute atomic E-state index is 0.549. The van der Waals surface area contributed by atoms with Crippen LogP contribution in [0.2, 0.25) is 0 Å². The van der Waals surface area contributed by atoms with Gasteiger partial charge >= 0.3 is 0 Å². The van der Waals surface area contributed by atoms with E-state index in [1.807, 2.05) is 18.2 Å². The number of hydrogen-bond acceptors (Lipinski definition) is 6. The SMILES string of the molecule is COc1ccc(CCNc2nc(Nc3ccc4[nH]cc(C5=CCNCC5)c4c3)ncc2Br)cc1. The predicted octanol–water partition coefficient (Wildman–Crippen LogP) is 5.50. The maximum Gasteiger partial charge on any atom is 0.229 e. The highest BCUT2D eigenvalue weighted by molar-refractivity contribution is 9.10. The number of nitrogens with zero attached hydrogens (tertiary/aromatic N) is 2. The van der Waals surface area contributed by atoms with Crippen molar-refractivity contribution in [2.75, 3.05) is 37.4 Å². The van der Waals surface area contributed by atoms with Crippen LogP contribution in [-0.4, -0.2) is 41.7 Å². The maximum absolute atomic E-state index is 5.22. The third-order valence-electron chi connectivity index (χ3n) is 5.96. The molecule has 4 aromatic rings. The zero-order valence-electron chi connectivity index (χ0n) is 19.0. The zero-order valence-corrected chi connectivity index (χ0v) is 20.6. The van der Waals surface area contributed by atoms with E-state index in [4.69, 9.17) is 4.74 Å². The largest absolute Gasteiger partial charge is 0.497 e. The summed E-state index contributed by atoms with van der Waals surface area (Å²) < 4.78 is 6.05. The Balaban J connectivity index is 1.28. The molecule has 0 radical (unpaired) electrons. The van der Waals surface area contributed by atoms with Crippen molar-refractivity contribution in [3.8, 4) is 5.75 Å². The number of ether oxygens (including phenoxy) is 1. The molecule has 0 atom stereocenters. The van der Waals surface area contributed by atoms with Crippen LogP contribution in [0, 0.1) is 0 Å². The standard InChI is InChI=1S/C26H27BrN6O/c1-34-20-5-2-17(3-6-20)8-13-29-25-23(27)16-31-26(33-25)32-19-4-7-24-21(14-19)22(15-30-24)18-9-11-28-12-10-18/h2-7,9,14-16,28,30H,8,10-13H2,1H3,(H2,29,31,32,33). The predicted molar refractivity (Wildman–Crippen MR) is 142 cm³/mol. The second-order valence-electron chi connectivity index (χ2n) is 8.19. The van der Waals surface area contributed by atoms with Crippen LogP contribution in [0.1, 0.15) is 17.5 Å². The number of rotatable bonds is 8. The molecule has 1 aliphatic heterocycles. The van der Waals surface area contributed by atoms with Crippen LogP contribution < -0.4 is 20.7 Å². The molecule has 0 amide bonds. The molecule has 0 spiro atoms. The van der Waals surface area contributed by atoms with Crippen molar-refractivity contribution in [3.63, 3.8) is 0 Å². The fraction of sp³-hybridized carbons (Fsp3) is 0.231. The van der Waals surface area contributed by atoms with E-state index in [-0.39, 0.29) is 0 Å². The highest BCUT2D eigenvalue weighted by atomic mass is 79.9. The maximum atomic E-state index is 5.22. The molecule has 5 rings (SSSR count). The number of anilines is 3. The van der Waals surface area contributed by atoms with Gasteiger partial charge in [0.2, 0.25) is 5.95 Å². The number of fused-ring (bicyclic) bond motifs is 1. The number of hydrogen-bond donors (Lipinski definition) is 4.